The highest BCUT2D eigenvalue weighted by Gasteiger charge is 2.22. The van der Waals surface area contributed by atoms with Crippen molar-refractivity contribution in [3.8, 4) is 11.5 Å². The Kier molecular flexibility index (Phi) is 8.15. The van der Waals surface area contributed by atoms with Crippen molar-refractivity contribution < 1.29 is 19.1 Å². The summed E-state index contributed by atoms with van der Waals surface area (Å²) in [6, 6.07) is 13.4. The van der Waals surface area contributed by atoms with Crippen LogP contribution < -0.4 is 20.1 Å². The molecule has 0 aliphatic carbocycles. The number of methoxy groups -OCH3 is 2. The number of unbranched alkanes of at least 4 members (excludes halogenated alkanes) is 3. The molecule has 0 saturated heterocycles. The van der Waals surface area contributed by atoms with E-state index in [2.05, 4.69) is 22.8 Å². The Morgan fingerprint density at radius 2 is 1.48 bits per heavy atom. The van der Waals surface area contributed by atoms with E-state index in [-0.39, 0.29) is 11.9 Å². The van der Waals surface area contributed by atoms with Gasteiger partial charge in [0, 0.05) is 26.2 Å². The van der Waals surface area contributed by atoms with Crippen LogP contribution in [-0.4, -0.2) is 44.1 Å². The van der Waals surface area contributed by atoms with Crippen LogP contribution in [0.5, 0.6) is 11.5 Å². The third-order valence-corrected chi connectivity index (χ3v) is 5.44. The van der Waals surface area contributed by atoms with Gasteiger partial charge in [0.1, 0.15) is 0 Å². The van der Waals surface area contributed by atoms with Crippen LogP contribution in [0.2, 0.25) is 0 Å². The molecule has 2 aromatic carbocycles. The van der Waals surface area contributed by atoms with Gasteiger partial charge in [0.25, 0.3) is 5.91 Å². The number of ether oxygens (including phenoxy) is 2. The zero-order chi connectivity index (χ0) is 22.1. The molecule has 3 rings (SSSR count). The van der Waals surface area contributed by atoms with Crippen LogP contribution in [0.15, 0.2) is 42.5 Å². The van der Waals surface area contributed by atoms with E-state index in [0.717, 1.165) is 25.7 Å². The molecule has 0 unspecified atom stereocenters. The maximum atomic E-state index is 12.4. The van der Waals surface area contributed by atoms with Crippen LogP contribution in [-0.2, 0) is 13.1 Å². The molecule has 0 aromatic heterocycles. The molecule has 0 spiro atoms. The molecule has 0 atom stereocenters. The summed E-state index contributed by atoms with van der Waals surface area (Å²) in [5.74, 6) is 0.809. The molecule has 31 heavy (non-hydrogen) atoms. The summed E-state index contributed by atoms with van der Waals surface area (Å²) in [7, 11) is 3.07. The highest BCUT2D eigenvalue weighted by atomic mass is 16.5. The number of hydrogen-bond acceptors (Lipinski definition) is 4. The van der Waals surface area contributed by atoms with E-state index in [9.17, 15) is 9.59 Å². The first-order valence-corrected chi connectivity index (χ1v) is 10.7. The lowest BCUT2D eigenvalue weighted by Gasteiger charge is -2.16. The second kappa shape index (κ2) is 11.2. The fourth-order valence-electron chi connectivity index (χ4n) is 3.75. The average Bonchev–Trinajstić information content (AvgIpc) is 3.24. The van der Waals surface area contributed by atoms with Gasteiger partial charge in [-0.15, -0.1) is 0 Å². The standard InChI is InChI=1S/C24H31N3O4/c1-30-21-13-9-12-20(22(21)31-2)23(28)25-14-7-3-4-8-15-26-24(29)27-16-18-10-5-6-11-19(18)17-27/h5-6,9-13H,3-4,7-8,14-17H2,1-2H3,(H,25,28)(H,26,29). The Bertz CT molecular complexity index is 875. The van der Waals surface area contributed by atoms with Crippen molar-refractivity contribution in [1.29, 1.82) is 0 Å². The van der Waals surface area contributed by atoms with Gasteiger partial charge in [-0.1, -0.05) is 43.2 Å². The minimum Gasteiger partial charge on any atom is -0.493 e. The second-order valence-electron chi connectivity index (χ2n) is 7.57. The molecule has 1 aliphatic rings. The molecule has 1 heterocycles. The topological polar surface area (TPSA) is 79.9 Å². The van der Waals surface area contributed by atoms with Gasteiger partial charge in [-0.3, -0.25) is 4.79 Å². The van der Waals surface area contributed by atoms with Crippen molar-refractivity contribution >= 4 is 11.9 Å². The third-order valence-electron chi connectivity index (χ3n) is 5.44. The van der Waals surface area contributed by atoms with Gasteiger partial charge >= 0.3 is 6.03 Å². The number of carbonyl (C=O) groups excluding carboxylic acids is 2. The summed E-state index contributed by atoms with van der Waals surface area (Å²) >= 11 is 0. The first-order valence-electron chi connectivity index (χ1n) is 10.7. The zero-order valence-corrected chi connectivity index (χ0v) is 18.3. The molecule has 166 valence electrons. The van der Waals surface area contributed by atoms with E-state index < -0.39 is 0 Å². The van der Waals surface area contributed by atoms with E-state index >= 15 is 0 Å². The maximum Gasteiger partial charge on any atom is 0.318 e. The van der Waals surface area contributed by atoms with E-state index in [0.29, 0.717) is 43.2 Å². The molecule has 7 heteroatoms. The normalized spacial score (nSPS) is 12.3. The van der Waals surface area contributed by atoms with E-state index in [1.807, 2.05) is 17.0 Å². The van der Waals surface area contributed by atoms with E-state index in [1.54, 1.807) is 25.3 Å². The van der Waals surface area contributed by atoms with Gasteiger partial charge < -0.3 is 25.0 Å². The summed E-state index contributed by atoms with van der Waals surface area (Å²) < 4.78 is 10.5. The minimum atomic E-state index is -0.172. The molecule has 1 aliphatic heterocycles. The Hall–Kier alpha value is -3.22. The number of carbonyl (C=O) groups is 2. The smallest absolute Gasteiger partial charge is 0.318 e. The van der Waals surface area contributed by atoms with Crippen LogP contribution in [0, 0.1) is 0 Å². The fourth-order valence-corrected chi connectivity index (χ4v) is 3.75. The number of hydrogen-bond donors (Lipinski definition) is 2. The molecule has 2 N–H and O–H groups in total. The SMILES string of the molecule is COc1cccc(C(=O)NCCCCCCNC(=O)N2Cc3ccccc3C2)c1OC. The highest BCUT2D eigenvalue weighted by Crippen LogP contribution is 2.30. The summed E-state index contributed by atoms with van der Waals surface area (Å²) in [6.07, 6.45) is 3.79. The Labute approximate surface area is 183 Å². The molecule has 0 fully saturated rings. The van der Waals surface area contributed by atoms with Crippen molar-refractivity contribution in [1.82, 2.24) is 15.5 Å². The molecule has 0 bridgehead atoms. The van der Waals surface area contributed by atoms with Crippen LogP contribution in [0.1, 0.15) is 47.2 Å². The Morgan fingerprint density at radius 1 is 0.839 bits per heavy atom. The Morgan fingerprint density at radius 3 is 2.10 bits per heavy atom. The molecule has 0 radical (unpaired) electrons. The third kappa shape index (κ3) is 5.90. The monoisotopic (exact) mass is 425 g/mol. The van der Waals surface area contributed by atoms with Gasteiger partial charge in [-0.2, -0.15) is 0 Å². The number of para-hydroxylation sites is 1. The molecule has 2 aromatic rings. The van der Waals surface area contributed by atoms with Crippen molar-refractivity contribution in [3.05, 3.63) is 59.2 Å². The van der Waals surface area contributed by atoms with Crippen molar-refractivity contribution in [3.63, 3.8) is 0 Å². The number of nitrogens with one attached hydrogen (secondary N) is 2. The van der Waals surface area contributed by atoms with Crippen molar-refractivity contribution in [2.75, 3.05) is 27.3 Å². The zero-order valence-electron chi connectivity index (χ0n) is 18.3. The number of urea groups is 1. The lowest BCUT2D eigenvalue weighted by molar-refractivity contribution is 0.0949. The lowest BCUT2D eigenvalue weighted by atomic mass is 10.1. The predicted octanol–water partition coefficient (Wildman–Crippen LogP) is 3.72. The Balaban J connectivity index is 1.27. The number of amides is 3. The average molecular weight is 426 g/mol. The van der Waals surface area contributed by atoms with E-state index in [4.69, 9.17) is 9.47 Å². The molecule has 7 nitrogen and oxygen atoms in total. The van der Waals surface area contributed by atoms with Crippen molar-refractivity contribution in [2.24, 2.45) is 0 Å². The quantitative estimate of drug-likeness (QED) is 0.569. The number of fused-ring (bicyclic) bond motifs is 1. The number of benzene rings is 2. The largest absolute Gasteiger partial charge is 0.493 e. The molecule has 0 saturated carbocycles. The van der Waals surface area contributed by atoms with Gasteiger partial charge in [-0.05, 0) is 36.1 Å². The van der Waals surface area contributed by atoms with Gasteiger partial charge in [-0.25, -0.2) is 4.79 Å². The number of rotatable bonds is 10. The maximum absolute atomic E-state index is 12.4. The van der Waals surface area contributed by atoms with Gasteiger partial charge in [0.05, 0.1) is 19.8 Å². The molecular weight excluding hydrogens is 394 g/mol. The first kappa shape index (κ1) is 22.5. The minimum absolute atomic E-state index is 0.00398. The van der Waals surface area contributed by atoms with E-state index in [1.165, 1.54) is 18.2 Å². The van der Waals surface area contributed by atoms with Crippen LogP contribution >= 0.6 is 0 Å². The number of nitrogens with zero attached hydrogens (tertiary/aromatic N) is 1. The summed E-state index contributed by atoms with van der Waals surface area (Å²) in [6.45, 7) is 2.62. The van der Waals surface area contributed by atoms with Crippen LogP contribution in [0.4, 0.5) is 4.79 Å². The summed E-state index contributed by atoms with van der Waals surface area (Å²) in [5, 5.41) is 5.93. The van der Waals surface area contributed by atoms with Gasteiger partial charge in [0.15, 0.2) is 11.5 Å². The second-order valence-corrected chi connectivity index (χ2v) is 7.57. The lowest BCUT2D eigenvalue weighted by Crippen LogP contribution is -2.36. The van der Waals surface area contributed by atoms with Crippen LogP contribution in [0.3, 0.4) is 0 Å². The van der Waals surface area contributed by atoms with Crippen LogP contribution in [0.25, 0.3) is 0 Å². The highest BCUT2D eigenvalue weighted by molar-refractivity contribution is 5.97. The van der Waals surface area contributed by atoms with Gasteiger partial charge in [0.2, 0.25) is 0 Å². The fraction of sp³-hybridized carbons (Fsp3) is 0.417. The first-order chi connectivity index (χ1) is 15.1. The molecular formula is C24H31N3O4. The summed E-state index contributed by atoms with van der Waals surface area (Å²) in [5.41, 5.74) is 2.92. The summed E-state index contributed by atoms with van der Waals surface area (Å²) in [4.78, 5) is 26.6. The molecule has 3 amide bonds. The predicted molar refractivity (Wildman–Crippen MR) is 119 cm³/mol. The van der Waals surface area contributed by atoms with Crippen molar-refractivity contribution in [2.45, 2.75) is 38.8 Å².